The summed E-state index contributed by atoms with van der Waals surface area (Å²) >= 11 is 6.02. The number of nitrogens with one attached hydrogen (secondary N) is 2. The van der Waals surface area contributed by atoms with E-state index in [4.69, 9.17) is 22.1 Å². The zero-order valence-corrected chi connectivity index (χ0v) is 22.0. The van der Waals surface area contributed by atoms with Gasteiger partial charge in [-0.3, -0.25) is 4.79 Å². The maximum Gasteiger partial charge on any atom is 0.320 e. The predicted molar refractivity (Wildman–Crippen MR) is 135 cm³/mol. The Bertz CT molecular complexity index is 892. The average Bonchev–Trinajstić information content (AvgIpc) is 2.78. The molecule has 196 valence electrons. The fourth-order valence-corrected chi connectivity index (χ4v) is 4.68. The fraction of sp³-hybridized carbons (Fsp3) is 0.640. The van der Waals surface area contributed by atoms with Crippen molar-refractivity contribution in [1.82, 2.24) is 15.5 Å². The van der Waals surface area contributed by atoms with Gasteiger partial charge < -0.3 is 35.9 Å². The van der Waals surface area contributed by atoms with Crippen LogP contribution in [0.25, 0.3) is 0 Å². The van der Waals surface area contributed by atoms with E-state index in [1.54, 1.807) is 26.0 Å². The molecule has 2 amide bonds. The van der Waals surface area contributed by atoms with Gasteiger partial charge in [0, 0.05) is 30.1 Å². The van der Waals surface area contributed by atoms with Gasteiger partial charge in [0.15, 0.2) is 0 Å². The van der Waals surface area contributed by atoms with Crippen molar-refractivity contribution in [3.05, 3.63) is 34.9 Å². The number of esters is 1. The number of rotatable bonds is 10. The van der Waals surface area contributed by atoms with Crippen LogP contribution in [0.15, 0.2) is 24.3 Å². The second kappa shape index (κ2) is 11.7. The van der Waals surface area contributed by atoms with Gasteiger partial charge in [-0.2, -0.15) is 0 Å². The third-order valence-corrected chi connectivity index (χ3v) is 6.94. The van der Waals surface area contributed by atoms with Gasteiger partial charge in [-0.25, -0.2) is 4.79 Å². The maximum absolute atomic E-state index is 12.4. The number of piperidine rings is 1. The molecule has 0 spiro atoms. The topological polar surface area (TPSA) is 134 Å². The first-order chi connectivity index (χ1) is 16.2. The molecule has 1 unspecified atom stereocenters. The summed E-state index contributed by atoms with van der Waals surface area (Å²) in [6, 6.07) is 6.08. The molecule has 1 aromatic carbocycles. The number of hydrogen-bond acceptors (Lipinski definition) is 7. The molecule has 1 aliphatic heterocycles. The van der Waals surface area contributed by atoms with Crippen LogP contribution >= 0.6 is 11.6 Å². The molecule has 5 N–H and O–H groups in total. The second-order valence-corrected chi connectivity index (χ2v) is 11.1. The van der Waals surface area contributed by atoms with Gasteiger partial charge >= 0.3 is 12.0 Å². The van der Waals surface area contributed by atoms with E-state index in [-0.39, 0.29) is 19.0 Å². The number of carbonyl (C=O) groups is 3. The van der Waals surface area contributed by atoms with Crippen molar-refractivity contribution in [2.24, 2.45) is 17.1 Å². The number of ether oxygens (including phenoxy) is 1. The van der Waals surface area contributed by atoms with Crippen molar-refractivity contribution in [3.8, 4) is 0 Å². The zero-order valence-electron chi connectivity index (χ0n) is 21.3. The number of hydrogen-bond donors (Lipinski definition) is 4. The van der Waals surface area contributed by atoms with E-state index in [2.05, 4.69) is 15.5 Å². The minimum absolute atomic E-state index is 0.0636. The molecule has 1 saturated heterocycles. The number of aliphatic hydroxyl groups is 1. The maximum atomic E-state index is 12.4. The van der Waals surface area contributed by atoms with E-state index in [0.29, 0.717) is 31.1 Å². The smallest absolute Gasteiger partial charge is 0.320 e. The fourth-order valence-electron chi connectivity index (χ4n) is 4.56. The molecule has 1 aromatic rings. The Balaban J connectivity index is 1.93. The summed E-state index contributed by atoms with van der Waals surface area (Å²) in [6.07, 6.45) is 1.26. The molecule has 0 bridgehead atoms. The van der Waals surface area contributed by atoms with E-state index in [0.717, 1.165) is 11.8 Å². The molecule has 0 aromatic heterocycles. The molecule has 1 fully saturated rings. The molecule has 3 atom stereocenters. The minimum Gasteiger partial charge on any atom is -0.457 e. The first-order valence-electron chi connectivity index (χ1n) is 11.9. The van der Waals surface area contributed by atoms with Gasteiger partial charge in [0.1, 0.15) is 11.9 Å². The van der Waals surface area contributed by atoms with Crippen LogP contribution in [0.1, 0.15) is 46.6 Å². The van der Waals surface area contributed by atoms with Crippen molar-refractivity contribution in [3.63, 3.8) is 0 Å². The highest BCUT2D eigenvalue weighted by Crippen LogP contribution is 2.46. The van der Waals surface area contributed by atoms with Crippen molar-refractivity contribution in [2.45, 2.75) is 58.3 Å². The lowest BCUT2D eigenvalue weighted by molar-refractivity contribution is -0.154. The molecule has 10 heteroatoms. The molecular weight excluding hydrogens is 472 g/mol. The number of urea groups is 1. The van der Waals surface area contributed by atoms with Crippen LogP contribution in [-0.4, -0.2) is 72.7 Å². The van der Waals surface area contributed by atoms with Gasteiger partial charge in [-0.05, 0) is 43.9 Å². The number of nitrogens with zero attached hydrogens (tertiary/aromatic N) is 1. The van der Waals surface area contributed by atoms with Crippen LogP contribution < -0.4 is 16.4 Å². The van der Waals surface area contributed by atoms with E-state index in [1.165, 1.54) is 0 Å². The van der Waals surface area contributed by atoms with Crippen LogP contribution in [0.4, 0.5) is 4.79 Å². The lowest BCUT2D eigenvalue weighted by atomic mass is 9.66. The van der Waals surface area contributed by atoms with Gasteiger partial charge in [0.25, 0.3) is 0 Å². The Kier molecular flexibility index (Phi) is 9.70. The summed E-state index contributed by atoms with van der Waals surface area (Å²) in [4.78, 5) is 37.8. The number of benzene rings is 1. The lowest BCUT2D eigenvalue weighted by Crippen LogP contribution is -2.57. The van der Waals surface area contributed by atoms with Crippen molar-refractivity contribution in [2.75, 3.05) is 32.7 Å². The molecule has 0 radical (unpaired) electrons. The van der Waals surface area contributed by atoms with E-state index >= 15 is 0 Å². The third kappa shape index (κ3) is 7.64. The van der Waals surface area contributed by atoms with Gasteiger partial charge in [-0.1, -0.05) is 44.5 Å². The zero-order chi connectivity index (χ0) is 26.4. The average molecular weight is 511 g/mol. The van der Waals surface area contributed by atoms with Crippen LogP contribution in [0.2, 0.25) is 5.02 Å². The summed E-state index contributed by atoms with van der Waals surface area (Å²) in [5.74, 6) is -0.733. The molecule has 2 rings (SSSR count). The van der Waals surface area contributed by atoms with Crippen molar-refractivity contribution >= 4 is 29.9 Å². The molecule has 35 heavy (non-hydrogen) atoms. The Labute approximate surface area is 212 Å². The highest BCUT2D eigenvalue weighted by Gasteiger charge is 2.48. The van der Waals surface area contributed by atoms with Crippen molar-refractivity contribution < 1.29 is 24.2 Å². The Hall–Kier alpha value is -2.20. The van der Waals surface area contributed by atoms with Gasteiger partial charge in [-0.15, -0.1) is 0 Å². The minimum atomic E-state index is -1.00. The highest BCUT2D eigenvalue weighted by molar-refractivity contribution is 6.30. The predicted octanol–water partition coefficient (Wildman–Crippen LogP) is 2.04. The molecule has 9 nitrogen and oxygen atoms in total. The first kappa shape index (κ1) is 29.0. The lowest BCUT2D eigenvalue weighted by Gasteiger charge is -2.51. The summed E-state index contributed by atoms with van der Waals surface area (Å²) < 4.78 is 5.18. The third-order valence-electron chi connectivity index (χ3n) is 6.69. The number of aldehydes is 1. The molecule has 1 aliphatic rings. The van der Waals surface area contributed by atoms with E-state index in [1.807, 2.05) is 32.9 Å². The Morgan fingerprint density at radius 3 is 2.49 bits per heavy atom. The van der Waals surface area contributed by atoms with E-state index in [9.17, 15) is 19.5 Å². The molecule has 1 heterocycles. The van der Waals surface area contributed by atoms with Crippen molar-refractivity contribution in [1.29, 1.82) is 0 Å². The van der Waals surface area contributed by atoms with Gasteiger partial charge in [0.05, 0.1) is 24.7 Å². The quantitative estimate of drug-likeness (QED) is 0.279. The van der Waals surface area contributed by atoms with Crippen LogP contribution in [0, 0.1) is 11.3 Å². The SMILES string of the molecule is C[C@@H](CN1CC[C@](O)(c2ccc(Cl)cc2)C(C)(C)C1)C(C=O)NC(=O)NCC(C)(C)OC(=O)CN. The summed E-state index contributed by atoms with van der Waals surface area (Å²) in [5.41, 5.74) is 3.71. The van der Waals surface area contributed by atoms with E-state index < -0.39 is 34.7 Å². The van der Waals surface area contributed by atoms with Crippen LogP contribution in [0.3, 0.4) is 0 Å². The summed E-state index contributed by atoms with van der Waals surface area (Å²) in [7, 11) is 0. The number of carbonyl (C=O) groups excluding carboxylic acids is 3. The molecule has 0 saturated carbocycles. The largest absolute Gasteiger partial charge is 0.457 e. The number of likely N-dealkylation sites (tertiary alicyclic amines) is 1. The summed E-state index contributed by atoms with van der Waals surface area (Å²) in [6.45, 7) is 10.9. The Morgan fingerprint density at radius 1 is 1.31 bits per heavy atom. The van der Waals surface area contributed by atoms with Crippen LogP contribution in [0.5, 0.6) is 0 Å². The first-order valence-corrected chi connectivity index (χ1v) is 12.2. The second-order valence-electron chi connectivity index (χ2n) is 10.6. The van der Waals surface area contributed by atoms with Crippen LogP contribution in [-0.2, 0) is 19.9 Å². The normalized spacial score (nSPS) is 22.1. The summed E-state index contributed by atoms with van der Waals surface area (Å²) in [5, 5.41) is 17.5. The monoisotopic (exact) mass is 510 g/mol. The standard InChI is InChI=1S/C25H39ClN4O5/c1-17(20(14-31)29-22(33)28-15-24(4,5)35-21(32)12-27)13-30-11-10-25(34,23(2,3)16-30)18-6-8-19(26)9-7-18/h6-9,14,17,20,34H,10-13,15-16,27H2,1-5H3,(H2,28,29,33)/t17-,20?,25-/m0/s1. The molecule has 0 aliphatic carbocycles. The number of nitrogens with two attached hydrogens (primary N) is 1. The number of halogens is 1. The highest BCUT2D eigenvalue weighted by atomic mass is 35.5. The van der Waals surface area contributed by atoms with Gasteiger partial charge in [0.2, 0.25) is 0 Å². The molecular formula is C25H39ClN4O5. The number of amides is 2. The Morgan fingerprint density at radius 2 is 1.94 bits per heavy atom.